The van der Waals surface area contributed by atoms with Crippen LogP contribution in [-0.4, -0.2) is 0 Å². The lowest BCUT2D eigenvalue weighted by Gasteiger charge is -2.28. The van der Waals surface area contributed by atoms with Crippen molar-refractivity contribution < 1.29 is 0 Å². The Morgan fingerprint density at radius 3 is 0.925 bits per heavy atom. The first-order chi connectivity index (χ1) is 26.0. The molecule has 0 amide bonds. The van der Waals surface area contributed by atoms with E-state index in [1.54, 1.807) is 0 Å². The highest BCUT2D eigenvalue weighted by Gasteiger charge is 2.27. The van der Waals surface area contributed by atoms with Gasteiger partial charge in [0.1, 0.15) is 0 Å². The summed E-state index contributed by atoms with van der Waals surface area (Å²) in [6.45, 7) is 14.7. The minimum Gasteiger partial charge on any atom is -0.0822 e. The van der Waals surface area contributed by atoms with Crippen molar-refractivity contribution >= 4 is 0 Å². The van der Waals surface area contributed by atoms with E-state index in [0.29, 0.717) is 5.92 Å². The van der Waals surface area contributed by atoms with Gasteiger partial charge in [-0.3, -0.25) is 0 Å². The van der Waals surface area contributed by atoms with Crippen molar-refractivity contribution in [3.8, 4) is 0 Å². The zero-order valence-corrected chi connectivity index (χ0v) is 38.1. The first-order valence-corrected chi connectivity index (χ1v) is 25.4. The molecule has 0 aromatic carbocycles. The van der Waals surface area contributed by atoms with Gasteiger partial charge in [0.05, 0.1) is 0 Å². The Labute approximate surface area is 337 Å². The highest BCUT2D eigenvalue weighted by Crippen LogP contribution is 2.41. The maximum Gasteiger partial charge on any atom is -0.0198 e. The second-order valence-corrected chi connectivity index (χ2v) is 18.5. The lowest BCUT2D eigenvalue weighted by Crippen LogP contribution is -2.18. The number of rotatable bonds is 42. The van der Waals surface area contributed by atoms with Crippen LogP contribution in [0.3, 0.4) is 0 Å². The summed E-state index contributed by atoms with van der Waals surface area (Å²) in [7, 11) is 0. The van der Waals surface area contributed by atoms with Crippen LogP contribution in [0.25, 0.3) is 0 Å². The molecule has 0 spiro atoms. The Balaban J connectivity index is 2.46. The van der Waals surface area contributed by atoms with Crippen molar-refractivity contribution in [2.24, 2.45) is 17.8 Å². The van der Waals surface area contributed by atoms with Gasteiger partial charge in [0, 0.05) is 0 Å². The van der Waals surface area contributed by atoms with Crippen LogP contribution in [0.15, 0.2) is 22.8 Å². The summed E-state index contributed by atoms with van der Waals surface area (Å²) in [5.74, 6) is 2.20. The van der Waals surface area contributed by atoms with Crippen molar-refractivity contribution in [1.82, 2.24) is 0 Å². The maximum atomic E-state index is 2.80. The molecule has 3 atom stereocenters. The van der Waals surface area contributed by atoms with E-state index >= 15 is 0 Å². The molecule has 1 aliphatic carbocycles. The molecule has 0 heterocycles. The van der Waals surface area contributed by atoms with E-state index < -0.39 is 0 Å². The van der Waals surface area contributed by atoms with Gasteiger partial charge >= 0.3 is 0 Å². The second kappa shape index (κ2) is 38.4. The van der Waals surface area contributed by atoms with Gasteiger partial charge < -0.3 is 0 Å². The number of allylic oxidation sites excluding steroid dienone is 4. The second-order valence-electron chi connectivity index (χ2n) is 18.5. The lowest BCUT2D eigenvalue weighted by atomic mass is 9.77. The molecule has 0 nitrogen and oxygen atoms in total. The molecule has 1 aliphatic rings. The summed E-state index contributed by atoms with van der Waals surface area (Å²) in [6.07, 6.45) is 60.5. The van der Waals surface area contributed by atoms with Crippen LogP contribution < -0.4 is 0 Å². The first-order valence-electron chi connectivity index (χ1n) is 25.4. The predicted molar refractivity (Wildman–Crippen MR) is 244 cm³/mol. The summed E-state index contributed by atoms with van der Waals surface area (Å²) in [6, 6.07) is 0. The smallest absolute Gasteiger partial charge is 0.0198 e. The predicted octanol–water partition coefficient (Wildman–Crippen LogP) is 19.8. The Morgan fingerprint density at radius 1 is 0.377 bits per heavy atom. The van der Waals surface area contributed by atoms with Crippen LogP contribution in [-0.2, 0) is 0 Å². The third-order valence-electron chi connectivity index (χ3n) is 13.4. The van der Waals surface area contributed by atoms with Gasteiger partial charge in [-0.1, -0.05) is 270 Å². The molecule has 0 aliphatic heterocycles. The topological polar surface area (TPSA) is 0 Å². The molecule has 53 heavy (non-hydrogen) atoms. The van der Waals surface area contributed by atoms with Crippen LogP contribution in [0.4, 0.5) is 0 Å². The molecule has 0 heteroatoms. The van der Waals surface area contributed by atoms with Crippen LogP contribution in [0, 0.1) is 17.8 Å². The van der Waals surface area contributed by atoms with Gasteiger partial charge in [0.2, 0.25) is 0 Å². The van der Waals surface area contributed by atoms with Crippen molar-refractivity contribution in [2.45, 2.75) is 298 Å². The molecular formula is C53H102. The minimum absolute atomic E-state index is 0.696. The van der Waals surface area contributed by atoms with Crippen molar-refractivity contribution in [1.29, 1.82) is 0 Å². The largest absolute Gasteiger partial charge is 0.0822 e. The Kier molecular flexibility index (Phi) is 36.5. The van der Waals surface area contributed by atoms with Gasteiger partial charge in [-0.25, -0.2) is 0 Å². The van der Waals surface area contributed by atoms with E-state index in [0.717, 1.165) is 11.8 Å². The SMILES string of the molecule is CCCCCCCCCCCCCCCCC(=CC(C)C(C)C(C)C(CCCCCCCCC)=C1CC1)CCCCCCCCCCCCCCCC. The summed E-state index contributed by atoms with van der Waals surface area (Å²) in [4.78, 5) is 0. The first kappa shape index (κ1) is 50.5. The molecular weight excluding hydrogens is 637 g/mol. The van der Waals surface area contributed by atoms with Gasteiger partial charge in [-0.2, -0.15) is 0 Å². The molecule has 0 bridgehead atoms. The Hall–Kier alpha value is -0.520. The minimum atomic E-state index is 0.696. The third kappa shape index (κ3) is 31.3. The molecule has 1 fully saturated rings. The fraction of sp³-hybridized carbons (Fsp3) is 0.925. The number of unbranched alkanes of at least 4 members (excludes halogenated alkanes) is 32. The molecule has 1 saturated carbocycles. The van der Waals surface area contributed by atoms with E-state index in [2.05, 4.69) is 47.6 Å². The van der Waals surface area contributed by atoms with Crippen LogP contribution in [0.1, 0.15) is 298 Å². The van der Waals surface area contributed by atoms with Gasteiger partial charge in [0.25, 0.3) is 0 Å². The van der Waals surface area contributed by atoms with Crippen molar-refractivity contribution in [3.63, 3.8) is 0 Å². The molecule has 1 rings (SSSR count). The fourth-order valence-electron chi connectivity index (χ4n) is 9.06. The summed E-state index contributed by atoms with van der Waals surface area (Å²) >= 11 is 0. The van der Waals surface area contributed by atoms with Crippen LogP contribution in [0.5, 0.6) is 0 Å². The standard InChI is InChI=1S/C53H102/c1-7-10-13-16-19-21-23-25-27-29-31-34-36-39-42-51(43-40-37-35-32-30-28-26-24-22-20-17-14-11-8-2)47-48(4)49(5)50(6)53(52-45-46-52)44-41-38-33-18-15-12-9-3/h47-50H,7-46H2,1-6H3. The fourth-order valence-corrected chi connectivity index (χ4v) is 9.06. The molecule has 3 unspecified atom stereocenters. The molecule has 0 aromatic heterocycles. The average molecular weight is 739 g/mol. The highest BCUT2D eigenvalue weighted by atomic mass is 14.3. The Bertz CT molecular complexity index is 774. The molecule has 0 saturated heterocycles. The molecule has 0 aromatic rings. The number of hydrogen-bond donors (Lipinski definition) is 0. The van der Waals surface area contributed by atoms with Crippen LogP contribution in [0.2, 0.25) is 0 Å². The molecule has 314 valence electrons. The number of hydrogen-bond acceptors (Lipinski definition) is 0. The zero-order valence-electron chi connectivity index (χ0n) is 38.1. The average Bonchev–Trinajstić information content (AvgIpc) is 4.01. The third-order valence-corrected chi connectivity index (χ3v) is 13.4. The zero-order chi connectivity index (χ0) is 38.5. The summed E-state index contributed by atoms with van der Waals surface area (Å²) in [5.41, 5.74) is 5.55. The van der Waals surface area contributed by atoms with Gasteiger partial charge in [0.15, 0.2) is 0 Å². The summed E-state index contributed by atoms with van der Waals surface area (Å²) in [5, 5.41) is 0. The summed E-state index contributed by atoms with van der Waals surface area (Å²) < 4.78 is 0. The van der Waals surface area contributed by atoms with Crippen LogP contribution >= 0.6 is 0 Å². The molecule has 0 N–H and O–H groups in total. The van der Waals surface area contributed by atoms with Crippen molar-refractivity contribution in [3.05, 3.63) is 22.8 Å². The Morgan fingerprint density at radius 2 is 0.642 bits per heavy atom. The monoisotopic (exact) mass is 739 g/mol. The van der Waals surface area contributed by atoms with Gasteiger partial charge in [-0.05, 0) is 69.1 Å². The van der Waals surface area contributed by atoms with E-state index in [-0.39, 0.29) is 0 Å². The van der Waals surface area contributed by atoms with E-state index in [9.17, 15) is 0 Å². The quantitative estimate of drug-likeness (QED) is 0.0432. The molecule has 0 radical (unpaired) electrons. The lowest BCUT2D eigenvalue weighted by molar-refractivity contribution is 0.347. The van der Waals surface area contributed by atoms with E-state index in [1.807, 2.05) is 16.7 Å². The highest BCUT2D eigenvalue weighted by molar-refractivity contribution is 5.27. The van der Waals surface area contributed by atoms with E-state index in [4.69, 9.17) is 0 Å². The van der Waals surface area contributed by atoms with Gasteiger partial charge in [-0.15, -0.1) is 0 Å². The normalized spacial score (nSPS) is 14.4. The van der Waals surface area contributed by atoms with Crippen molar-refractivity contribution in [2.75, 3.05) is 0 Å². The van der Waals surface area contributed by atoms with E-state index in [1.165, 1.54) is 257 Å². The maximum absolute atomic E-state index is 2.80.